The van der Waals surface area contributed by atoms with Gasteiger partial charge in [0.15, 0.2) is 0 Å². The van der Waals surface area contributed by atoms with Crippen LogP contribution in [-0.4, -0.2) is 21.9 Å². The number of primary amides is 1. The van der Waals surface area contributed by atoms with Gasteiger partial charge in [0.2, 0.25) is 0 Å². The molecule has 2 aromatic rings. The molecule has 0 spiro atoms. The number of carbonyl (C=O) groups excluding carboxylic acids is 1. The van der Waals surface area contributed by atoms with Crippen LogP contribution >= 0.6 is 0 Å². The number of nitrogens with zero attached hydrogens (tertiary/aromatic N) is 2. The summed E-state index contributed by atoms with van der Waals surface area (Å²) < 4.78 is 13.1. The van der Waals surface area contributed by atoms with E-state index in [9.17, 15) is 19.3 Å². The van der Waals surface area contributed by atoms with E-state index in [1.807, 2.05) is 0 Å². The first kappa shape index (κ1) is 16.8. The van der Waals surface area contributed by atoms with E-state index in [1.165, 1.54) is 12.1 Å². The van der Waals surface area contributed by atoms with Crippen molar-refractivity contribution in [1.29, 1.82) is 0 Å². The molecule has 1 aromatic heterocycles. The minimum absolute atomic E-state index is 0.0149. The fraction of sp³-hybridized carbons (Fsp3) is 0.294. The third-order valence-electron chi connectivity index (χ3n) is 4.49. The Hall–Kier alpha value is -3.03. The van der Waals surface area contributed by atoms with Crippen LogP contribution < -0.4 is 11.1 Å². The summed E-state index contributed by atoms with van der Waals surface area (Å²) in [6, 6.07) is 7.45. The summed E-state index contributed by atoms with van der Waals surface area (Å²) in [5.74, 6) is -0.704. The number of anilines is 1. The van der Waals surface area contributed by atoms with Crippen LogP contribution in [0, 0.1) is 15.9 Å². The molecule has 25 heavy (non-hydrogen) atoms. The minimum Gasteiger partial charge on any atom is -0.366 e. The lowest BCUT2D eigenvalue weighted by Gasteiger charge is -2.22. The zero-order chi connectivity index (χ0) is 18.0. The first-order valence-electron chi connectivity index (χ1n) is 7.92. The maximum atomic E-state index is 13.1. The third kappa shape index (κ3) is 3.57. The van der Waals surface area contributed by atoms with E-state index in [4.69, 9.17) is 5.73 Å². The lowest BCUT2D eigenvalue weighted by atomic mass is 9.94. The Bertz CT molecular complexity index is 810. The topological polar surface area (TPSA) is 111 Å². The molecule has 2 atom stereocenters. The highest BCUT2D eigenvalue weighted by Gasteiger charge is 2.30. The van der Waals surface area contributed by atoms with E-state index in [0.717, 1.165) is 37.1 Å². The van der Waals surface area contributed by atoms with Crippen molar-refractivity contribution in [3.8, 4) is 0 Å². The van der Waals surface area contributed by atoms with Gasteiger partial charge in [-0.3, -0.25) is 14.9 Å². The monoisotopic (exact) mass is 344 g/mol. The van der Waals surface area contributed by atoms with Crippen LogP contribution in [0.2, 0.25) is 0 Å². The van der Waals surface area contributed by atoms with Crippen molar-refractivity contribution in [3.63, 3.8) is 0 Å². The zero-order valence-electron chi connectivity index (χ0n) is 13.3. The van der Waals surface area contributed by atoms with Crippen molar-refractivity contribution < 1.29 is 14.1 Å². The van der Waals surface area contributed by atoms with E-state index >= 15 is 0 Å². The second-order valence-corrected chi connectivity index (χ2v) is 6.05. The highest BCUT2D eigenvalue weighted by Crippen LogP contribution is 2.37. The van der Waals surface area contributed by atoms with E-state index in [1.54, 1.807) is 12.1 Å². The molecular formula is C17H17FN4O3. The fourth-order valence-corrected chi connectivity index (χ4v) is 3.27. The average Bonchev–Trinajstić information content (AvgIpc) is 3.03. The number of nitrogens with two attached hydrogens (primary N) is 1. The molecule has 1 heterocycles. The van der Waals surface area contributed by atoms with Crippen LogP contribution in [0.25, 0.3) is 0 Å². The number of amides is 1. The van der Waals surface area contributed by atoms with Gasteiger partial charge in [0.05, 0.1) is 10.5 Å². The number of benzene rings is 1. The summed E-state index contributed by atoms with van der Waals surface area (Å²) in [7, 11) is 0. The standard InChI is InChI=1S/C17H17FN4O3/c18-11-6-4-10(5-7-11)13-2-1-3-15(13)21-17-14(16(19)23)8-12(9-20-17)22(24)25/h4-9,13,15H,1-3H2,(H2,19,23)(H,20,21). The Morgan fingerprint density at radius 1 is 1.32 bits per heavy atom. The van der Waals surface area contributed by atoms with E-state index in [2.05, 4.69) is 10.3 Å². The summed E-state index contributed by atoms with van der Waals surface area (Å²) in [4.78, 5) is 25.9. The van der Waals surface area contributed by atoms with Gasteiger partial charge in [-0.25, -0.2) is 9.37 Å². The number of rotatable bonds is 5. The number of carbonyl (C=O) groups is 1. The van der Waals surface area contributed by atoms with Gasteiger partial charge in [-0.05, 0) is 30.5 Å². The van der Waals surface area contributed by atoms with Crippen LogP contribution in [0.4, 0.5) is 15.9 Å². The highest BCUT2D eigenvalue weighted by atomic mass is 19.1. The lowest BCUT2D eigenvalue weighted by molar-refractivity contribution is -0.385. The summed E-state index contributed by atoms with van der Waals surface area (Å²) in [6.45, 7) is 0. The predicted octanol–water partition coefficient (Wildman–Crippen LogP) is 2.98. The summed E-state index contributed by atoms with van der Waals surface area (Å²) in [5, 5.41) is 14.1. The van der Waals surface area contributed by atoms with Crippen molar-refractivity contribution in [2.75, 3.05) is 5.32 Å². The molecule has 0 saturated heterocycles. The van der Waals surface area contributed by atoms with Crippen molar-refractivity contribution in [3.05, 3.63) is 63.6 Å². The van der Waals surface area contributed by atoms with Crippen molar-refractivity contribution in [2.24, 2.45) is 5.73 Å². The van der Waals surface area contributed by atoms with Crippen LogP contribution in [0.3, 0.4) is 0 Å². The van der Waals surface area contributed by atoms with Crippen molar-refractivity contribution in [1.82, 2.24) is 4.98 Å². The molecular weight excluding hydrogens is 327 g/mol. The smallest absolute Gasteiger partial charge is 0.288 e. The fourth-order valence-electron chi connectivity index (χ4n) is 3.27. The maximum absolute atomic E-state index is 13.1. The number of hydrogen-bond donors (Lipinski definition) is 2. The van der Waals surface area contributed by atoms with Gasteiger partial charge in [-0.2, -0.15) is 0 Å². The van der Waals surface area contributed by atoms with Gasteiger partial charge in [0.25, 0.3) is 11.6 Å². The first-order valence-corrected chi connectivity index (χ1v) is 7.92. The molecule has 0 bridgehead atoms. The maximum Gasteiger partial charge on any atom is 0.288 e. The molecule has 0 aliphatic heterocycles. The second-order valence-electron chi connectivity index (χ2n) is 6.05. The molecule has 1 aliphatic rings. The normalized spacial score (nSPS) is 19.6. The van der Waals surface area contributed by atoms with Gasteiger partial charge in [-0.1, -0.05) is 18.6 Å². The van der Waals surface area contributed by atoms with E-state index in [0.29, 0.717) is 0 Å². The summed E-state index contributed by atoms with van der Waals surface area (Å²) in [5.41, 5.74) is 6.03. The molecule has 1 amide bonds. The molecule has 0 radical (unpaired) electrons. The lowest BCUT2D eigenvalue weighted by Crippen LogP contribution is -2.25. The van der Waals surface area contributed by atoms with Gasteiger partial charge in [-0.15, -0.1) is 0 Å². The number of hydrogen-bond acceptors (Lipinski definition) is 5. The Kier molecular flexibility index (Phi) is 4.60. The summed E-state index contributed by atoms with van der Waals surface area (Å²) in [6.07, 6.45) is 3.83. The number of nitrogens with one attached hydrogen (secondary N) is 1. The Labute approximate surface area is 143 Å². The Morgan fingerprint density at radius 3 is 2.68 bits per heavy atom. The van der Waals surface area contributed by atoms with Gasteiger partial charge < -0.3 is 11.1 Å². The van der Waals surface area contributed by atoms with E-state index in [-0.39, 0.29) is 34.8 Å². The molecule has 3 rings (SSSR count). The molecule has 1 aliphatic carbocycles. The third-order valence-corrected chi connectivity index (χ3v) is 4.49. The number of nitro groups is 1. The number of halogens is 1. The van der Waals surface area contributed by atoms with Gasteiger partial charge in [0.1, 0.15) is 17.8 Å². The molecule has 2 unspecified atom stereocenters. The summed E-state index contributed by atoms with van der Waals surface area (Å²) >= 11 is 0. The molecule has 1 fully saturated rings. The largest absolute Gasteiger partial charge is 0.366 e. The average molecular weight is 344 g/mol. The Morgan fingerprint density at radius 2 is 2.04 bits per heavy atom. The molecule has 130 valence electrons. The molecule has 1 saturated carbocycles. The van der Waals surface area contributed by atoms with E-state index < -0.39 is 10.8 Å². The van der Waals surface area contributed by atoms with Crippen LogP contribution in [0.15, 0.2) is 36.5 Å². The van der Waals surface area contributed by atoms with Gasteiger partial charge >= 0.3 is 0 Å². The molecule has 8 heteroatoms. The van der Waals surface area contributed by atoms with Crippen LogP contribution in [-0.2, 0) is 0 Å². The molecule has 3 N–H and O–H groups in total. The number of aromatic nitrogens is 1. The van der Waals surface area contributed by atoms with Crippen molar-refractivity contribution >= 4 is 17.4 Å². The number of pyridine rings is 1. The van der Waals surface area contributed by atoms with Crippen LogP contribution in [0.1, 0.15) is 41.1 Å². The highest BCUT2D eigenvalue weighted by molar-refractivity contribution is 5.98. The van der Waals surface area contributed by atoms with Crippen LogP contribution in [0.5, 0.6) is 0 Å². The molecule has 1 aromatic carbocycles. The van der Waals surface area contributed by atoms with Gasteiger partial charge in [0, 0.05) is 18.0 Å². The molecule has 7 nitrogen and oxygen atoms in total. The Balaban J connectivity index is 1.86. The minimum atomic E-state index is -0.782. The zero-order valence-corrected chi connectivity index (χ0v) is 13.3. The quantitative estimate of drug-likeness (QED) is 0.640. The predicted molar refractivity (Wildman–Crippen MR) is 89.8 cm³/mol. The SMILES string of the molecule is NC(=O)c1cc([N+](=O)[O-])cnc1NC1CCCC1c1ccc(F)cc1. The second kappa shape index (κ2) is 6.84. The van der Waals surface area contributed by atoms with Crippen molar-refractivity contribution in [2.45, 2.75) is 31.2 Å². The first-order chi connectivity index (χ1) is 12.0.